The number of ether oxygens (including phenoxy) is 4. The van der Waals surface area contributed by atoms with E-state index in [1.54, 1.807) is 0 Å². The van der Waals surface area contributed by atoms with Crippen LogP contribution in [0.3, 0.4) is 0 Å². The molecule has 3 rings (SSSR count). The molecule has 20 heavy (non-hydrogen) atoms. The summed E-state index contributed by atoms with van der Waals surface area (Å²) in [5, 5.41) is 20.1. The minimum Gasteiger partial charge on any atom is -0.387 e. The van der Waals surface area contributed by atoms with Crippen LogP contribution in [0.15, 0.2) is 30.3 Å². The smallest absolute Gasteiger partial charge is 0.186 e. The summed E-state index contributed by atoms with van der Waals surface area (Å²) < 4.78 is 21.9. The summed E-state index contributed by atoms with van der Waals surface area (Å²) >= 11 is 0. The molecule has 6 atom stereocenters. The molecule has 0 aromatic heterocycles. The number of hydrogen-bond donors (Lipinski definition) is 2. The number of aliphatic hydroxyl groups excluding tert-OH is 2. The topological polar surface area (TPSA) is 77.4 Å². The molecule has 0 saturated carbocycles. The second kappa shape index (κ2) is 5.77. The van der Waals surface area contributed by atoms with E-state index in [4.69, 9.17) is 18.9 Å². The van der Waals surface area contributed by atoms with E-state index in [0.717, 1.165) is 5.56 Å². The zero-order valence-electron chi connectivity index (χ0n) is 11.1. The van der Waals surface area contributed by atoms with Crippen molar-refractivity contribution >= 4 is 0 Å². The highest BCUT2D eigenvalue weighted by Gasteiger charge is 2.48. The molecule has 2 heterocycles. The van der Waals surface area contributed by atoms with Gasteiger partial charge in [0.1, 0.15) is 24.4 Å². The van der Waals surface area contributed by atoms with Crippen LogP contribution < -0.4 is 0 Å². The van der Waals surface area contributed by atoms with E-state index in [9.17, 15) is 10.2 Å². The van der Waals surface area contributed by atoms with Gasteiger partial charge in [-0.1, -0.05) is 30.3 Å². The van der Waals surface area contributed by atoms with E-state index in [2.05, 4.69) is 0 Å². The van der Waals surface area contributed by atoms with Gasteiger partial charge in [-0.05, 0) is 0 Å². The van der Waals surface area contributed by atoms with Gasteiger partial charge in [-0.25, -0.2) is 0 Å². The van der Waals surface area contributed by atoms with Gasteiger partial charge in [-0.3, -0.25) is 0 Å². The van der Waals surface area contributed by atoms with Crippen LogP contribution in [-0.4, -0.2) is 54.6 Å². The van der Waals surface area contributed by atoms with Crippen LogP contribution in [0, 0.1) is 0 Å². The molecule has 2 unspecified atom stereocenters. The lowest BCUT2D eigenvalue weighted by Crippen LogP contribution is -2.62. The third-order valence-corrected chi connectivity index (χ3v) is 3.64. The molecular weight excluding hydrogens is 264 g/mol. The predicted octanol–water partition coefficient (Wildman–Crippen LogP) is 0.194. The number of fused-ring (bicyclic) bond motifs is 1. The minimum absolute atomic E-state index is 0.272. The van der Waals surface area contributed by atoms with Crippen LogP contribution in [0.25, 0.3) is 0 Å². The summed E-state index contributed by atoms with van der Waals surface area (Å²) in [5.74, 6) is 0. The van der Waals surface area contributed by atoms with Crippen LogP contribution in [0.2, 0.25) is 0 Å². The fourth-order valence-corrected chi connectivity index (χ4v) is 2.55. The average Bonchev–Trinajstić information content (AvgIpc) is 2.51. The van der Waals surface area contributed by atoms with Crippen molar-refractivity contribution in [3.8, 4) is 0 Å². The van der Waals surface area contributed by atoms with Gasteiger partial charge in [0.25, 0.3) is 0 Å². The van der Waals surface area contributed by atoms with Gasteiger partial charge < -0.3 is 29.2 Å². The maximum Gasteiger partial charge on any atom is 0.186 e. The molecule has 0 aliphatic carbocycles. The Bertz CT molecular complexity index is 437. The Morgan fingerprint density at radius 3 is 2.55 bits per heavy atom. The SMILES string of the molecule is CO[C@H]1O[C@@H]2COC(c3ccccc3)OC2[C@H](O)[C@@H]1O. The van der Waals surface area contributed by atoms with Gasteiger partial charge in [-0.2, -0.15) is 0 Å². The van der Waals surface area contributed by atoms with Crippen molar-refractivity contribution in [3.63, 3.8) is 0 Å². The number of hydrogen-bond acceptors (Lipinski definition) is 6. The van der Waals surface area contributed by atoms with Crippen molar-refractivity contribution in [1.82, 2.24) is 0 Å². The van der Waals surface area contributed by atoms with Gasteiger partial charge in [0, 0.05) is 12.7 Å². The number of aliphatic hydroxyl groups is 2. The molecule has 1 aromatic rings. The largest absolute Gasteiger partial charge is 0.387 e. The zero-order chi connectivity index (χ0) is 14.1. The highest BCUT2D eigenvalue weighted by atomic mass is 16.7. The van der Waals surface area contributed by atoms with Gasteiger partial charge in [0.2, 0.25) is 0 Å². The third-order valence-electron chi connectivity index (χ3n) is 3.64. The molecule has 2 fully saturated rings. The molecule has 0 radical (unpaired) electrons. The van der Waals surface area contributed by atoms with E-state index in [0.29, 0.717) is 0 Å². The lowest BCUT2D eigenvalue weighted by Gasteiger charge is -2.45. The monoisotopic (exact) mass is 282 g/mol. The van der Waals surface area contributed by atoms with Crippen LogP contribution >= 0.6 is 0 Å². The molecule has 110 valence electrons. The van der Waals surface area contributed by atoms with Crippen LogP contribution in [0.4, 0.5) is 0 Å². The van der Waals surface area contributed by atoms with E-state index in [1.165, 1.54) is 7.11 Å². The fourth-order valence-electron chi connectivity index (χ4n) is 2.55. The fraction of sp³-hybridized carbons (Fsp3) is 0.571. The number of rotatable bonds is 2. The predicted molar refractivity (Wildman–Crippen MR) is 67.7 cm³/mol. The quantitative estimate of drug-likeness (QED) is 0.806. The van der Waals surface area contributed by atoms with Crippen molar-refractivity contribution in [3.05, 3.63) is 35.9 Å². The lowest BCUT2D eigenvalue weighted by molar-refractivity contribution is -0.358. The lowest BCUT2D eigenvalue weighted by atomic mass is 9.98. The molecule has 6 nitrogen and oxygen atoms in total. The molecule has 2 aliphatic rings. The van der Waals surface area contributed by atoms with E-state index in [-0.39, 0.29) is 6.61 Å². The maximum absolute atomic E-state index is 10.1. The van der Waals surface area contributed by atoms with E-state index in [1.807, 2.05) is 30.3 Å². The van der Waals surface area contributed by atoms with Crippen LogP contribution in [-0.2, 0) is 18.9 Å². The maximum atomic E-state index is 10.1. The molecule has 6 heteroatoms. The minimum atomic E-state index is -1.14. The van der Waals surface area contributed by atoms with Crippen LogP contribution in [0.1, 0.15) is 11.9 Å². The van der Waals surface area contributed by atoms with Crippen molar-refractivity contribution < 1.29 is 29.2 Å². The first-order valence-corrected chi connectivity index (χ1v) is 6.57. The normalized spacial score (nSPS) is 41.1. The molecule has 2 aliphatic heterocycles. The first-order valence-electron chi connectivity index (χ1n) is 6.57. The Kier molecular flexibility index (Phi) is 4.02. The Labute approximate surface area is 116 Å². The Hall–Kier alpha value is -1.02. The summed E-state index contributed by atoms with van der Waals surface area (Å²) in [6.45, 7) is 0.272. The highest BCUT2D eigenvalue weighted by molar-refractivity contribution is 5.16. The molecule has 0 amide bonds. The molecule has 0 bridgehead atoms. The Balaban J connectivity index is 1.74. The van der Waals surface area contributed by atoms with Crippen LogP contribution in [0.5, 0.6) is 0 Å². The first kappa shape index (κ1) is 13.9. The van der Waals surface area contributed by atoms with E-state index >= 15 is 0 Å². The Morgan fingerprint density at radius 2 is 1.85 bits per heavy atom. The summed E-state index contributed by atoms with van der Waals surface area (Å²) in [4.78, 5) is 0. The highest BCUT2D eigenvalue weighted by Crippen LogP contribution is 2.33. The molecular formula is C14H18O6. The van der Waals surface area contributed by atoms with Gasteiger partial charge in [-0.15, -0.1) is 0 Å². The number of benzene rings is 1. The van der Waals surface area contributed by atoms with Crippen molar-refractivity contribution in [1.29, 1.82) is 0 Å². The van der Waals surface area contributed by atoms with E-state index < -0.39 is 37.0 Å². The summed E-state index contributed by atoms with van der Waals surface area (Å²) in [6.07, 6.45) is -4.76. The standard InChI is InChI=1S/C14H18O6/c1-17-14-11(16)10(15)12-9(19-14)7-18-13(20-12)8-5-3-2-4-6-8/h2-6,9-16H,7H2,1H3/t9-,10-,11+,12?,13?,14+/m1/s1. The first-order chi connectivity index (χ1) is 9.70. The summed E-state index contributed by atoms with van der Waals surface area (Å²) in [7, 11) is 1.41. The van der Waals surface area contributed by atoms with Crippen molar-refractivity contribution in [2.24, 2.45) is 0 Å². The third kappa shape index (κ3) is 2.46. The number of methoxy groups -OCH3 is 1. The molecule has 2 saturated heterocycles. The second-order valence-corrected chi connectivity index (χ2v) is 4.94. The van der Waals surface area contributed by atoms with Gasteiger partial charge in [0.15, 0.2) is 12.6 Å². The summed E-state index contributed by atoms with van der Waals surface area (Å²) in [5.41, 5.74) is 0.863. The summed E-state index contributed by atoms with van der Waals surface area (Å²) in [6, 6.07) is 9.45. The van der Waals surface area contributed by atoms with Gasteiger partial charge in [0.05, 0.1) is 6.61 Å². The van der Waals surface area contributed by atoms with Gasteiger partial charge >= 0.3 is 0 Å². The second-order valence-electron chi connectivity index (χ2n) is 4.94. The van der Waals surface area contributed by atoms with Crippen molar-refractivity contribution in [2.45, 2.75) is 37.0 Å². The molecule has 2 N–H and O–H groups in total. The molecule has 0 spiro atoms. The average molecular weight is 282 g/mol. The molecule has 1 aromatic carbocycles. The zero-order valence-corrected chi connectivity index (χ0v) is 11.1. The van der Waals surface area contributed by atoms with Crippen molar-refractivity contribution in [2.75, 3.05) is 13.7 Å². The Morgan fingerprint density at radius 1 is 1.10 bits per heavy atom.